The highest BCUT2D eigenvalue weighted by atomic mass is 79.9. The van der Waals surface area contributed by atoms with Gasteiger partial charge in [-0.25, -0.2) is 0 Å². The maximum atomic E-state index is 11.4. The Balaban J connectivity index is 2.94. The summed E-state index contributed by atoms with van der Waals surface area (Å²) in [5, 5.41) is 19.9. The van der Waals surface area contributed by atoms with Crippen molar-refractivity contribution in [2.75, 3.05) is 5.33 Å². The largest absolute Gasteiger partial charge is 0.390 e. The highest BCUT2D eigenvalue weighted by molar-refractivity contribution is 9.09. The molecule has 4 nitrogen and oxygen atoms in total. The van der Waals surface area contributed by atoms with E-state index in [4.69, 9.17) is 0 Å². The second-order valence-electron chi connectivity index (χ2n) is 3.45. The molecule has 0 aromatic carbocycles. The second-order valence-corrected chi connectivity index (χ2v) is 4.24. The maximum Gasteiger partial charge on any atom is 0.253 e. The van der Waals surface area contributed by atoms with Gasteiger partial charge in [0.15, 0.2) is 0 Å². The molecular weight excluding hydrogens is 262 g/mol. The van der Waals surface area contributed by atoms with Crippen molar-refractivity contribution < 1.29 is 10.2 Å². The van der Waals surface area contributed by atoms with Gasteiger partial charge in [-0.15, -0.1) is 0 Å². The summed E-state index contributed by atoms with van der Waals surface area (Å²) < 4.78 is 0. The average Bonchev–Trinajstić information content (AvgIpc) is 2.21. The van der Waals surface area contributed by atoms with Gasteiger partial charge < -0.3 is 15.2 Å². The molecule has 0 amide bonds. The second kappa shape index (κ2) is 5.44. The molecule has 0 fully saturated rings. The zero-order chi connectivity index (χ0) is 11.4. The van der Waals surface area contributed by atoms with E-state index in [1.54, 1.807) is 12.3 Å². The molecule has 0 aliphatic heterocycles. The van der Waals surface area contributed by atoms with Crippen molar-refractivity contribution in [2.24, 2.45) is 0 Å². The lowest BCUT2D eigenvalue weighted by Gasteiger charge is -2.16. The van der Waals surface area contributed by atoms with E-state index in [0.29, 0.717) is 11.8 Å². The van der Waals surface area contributed by atoms with Gasteiger partial charge in [0.25, 0.3) is 5.56 Å². The van der Waals surface area contributed by atoms with Crippen molar-refractivity contribution in [3.05, 3.63) is 33.7 Å². The van der Waals surface area contributed by atoms with Gasteiger partial charge in [0, 0.05) is 17.1 Å². The number of alkyl halides is 1. The molecule has 1 aromatic heterocycles. The van der Waals surface area contributed by atoms with E-state index in [1.165, 1.54) is 0 Å². The third-order valence-corrected chi connectivity index (χ3v) is 2.62. The summed E-state index contributed by atoms with van der Waals surface area (Å²) in [6.45, 7) is 1.81. The number of aliphatic hydroxyl groups excluding tert-OH is 2. The molecule has 1 heterocycles. The van der Waals surface area contributed by atoms with E-state index in [2.05, 4.69) is 20.9 Å². The predicted molar refractivity (Wildman–Crippen MR) is 61.2 cm³/mol. The molecule has 0 aliphatic rings. The van der Waals surface area contributed by atoms with E-state index >= 15 is 0 Å². The Morgan fingerprint density at radius 2 is 2.20 bits per heavy atom. The topological polar surface area (TPSA) is 73.3 Å². The fraction of sp³-hybridized carbons (Fsp3) is 0.500. The summed E-state index contributed by atoms with van der Waals surface area (Å²) >= 11 is 3.17. The summed E-state index contributed by atoms with van der Waals surface area (Å²) in [6.07, 6.45) is -0.0947. The van der Waals surface area contributed by atoms with E-state index in [-0.39, 0.29) is 11.1 Å². The fourth-order valence-corrected chi connectivity index (χ4v) is 1.78. The number of rotatable bonds is 4. The minimum Gasteiger partial charge on any atom is -0.390 e. The first-order chi connectivity index (χ1) is 7.06. The molecule has 15 heavy (non-hydrogen) atoms. The van der Waals surface area contributed by atoms with Crippen molar-refractivity contribution in [2.45, 2.75) is 25.6 Å². The highest BCUT2D eigenvalue weighted by Crippen LogP contribution is 2.16. The van der Waals surface area contributed by atoms with Crippen LogP contribution in [-0.4, -0.2) is 26.6 Å². The van der Waals surface area contributed by atoms with Crippen LogP contribution in [0.2, 0.25) is 0 Å². The monoisotopic (exact) mass is 275 g/mol. The average molecular weight is 276 g/mol. The predicted octanol–water partition coefficient (Wildman–Crippen LogP) is 0.863. The van der Waals surface area contributed by atoms with Crippen LogP contribution in [0.1, 0.15) is 23.7 Å². The number of aryl methyl sites for hydroxylation is 1. The first kappa shape index (κ1) is 12.4. The number of hydrogen-bond acceptors (Lipinski definition) is 3. The van der Waals surface area contributed by atoms with Gasteiger partial charge in [0.2, 0.25) is 0 Å². The summed E-state index contributed by atoms with van der Waals surface area (Å²) in [5.74, 6) is 0. The van der Waals surface area contributed by atoms with Crippen LogP contribution in [0, 0.1) is 6.92 Å². The maximum absolute atomic E-state index is 11.4. The first-order valence-electron chi connectivity index (χ1n) is 4.67. The lowest BCUT2D eigenvalue weighted by Crippen LogP contribution is -2.25. The van der Waals surface area contributed by atoms with Gasteiger partial charge in [0.05, 0.1) is 6.10 Å². The van der Waals surface area contributed by atoms with Crippen LogP contribution >= 0.6 is 15.9 Å². The molecule has 3 N–H and O–H groups in total. The summed E-state index contributed by atoms with van der Waals surface area (Å²) in [4.78, 5) is 13.9. The summed E-state index contributed by atoms with van der Waals surface area (Å²) in [5.41, 5.74) is 0.694. The van der Waals surface area contributed by atoms with Crippen molar-refractivity contribution in [1.82, 2.24) is 4.98 Å². The van der Waals surface area contributed by atoms with Gasteiger partial charge in [0.1, 0.15) is 6.10 Å². The quantitative estimate of drug-likeness (QED) is 0.714. The number of nitrogens with one attached hydrogen (secondary N) is 1. The van der Waals surface area contributed by atoms with Crippen LogP contribution in [0.15, 0.2) is 17.1 Å². The molecule has 0 saturated heterocycles. The van der Waals surface area contributed by atoms with Gasteiger partial charge in [-0.2, -0.15) is 0 Å². The van der Waals surface area contributed by atoms with E-state index in [0.717, 1.165) is 5.56 Å². The Kier molecular flexibility index (Phi) is 4.50. The summed E-state index contributed by atoms with van der Waals surface area (Å²) in [7, 11) is 0. The molecule has 2 atom stereocenters. The van der Waals surface area contributed by atoms with Crippen molar-refractivity contribution in [1.29, 1.82) is 0 Å². The standard InChI is InChI=1S/C10H14BrNO3/c1-6-4-7(10(15)12-5-6)9(14)8(13)2-3-11/h4-5,8-9,13-14H,2-3H2,1H3,(H,12,15). The lowest BCUT2D eigenvalue weighted by molar-refractivity contribution is 0.0165. The first-order valence-corrected chi connectivity index (χ1v) is 5.79. The van der Waals surface area contributed by atoms with Gasteiger partial charge in [-0.1, -0.05) is 15.9 Å². The number of aromatic nitrogens is 1. The SMILES string of the molecule is Cc1c[nH]c(=O)c(C(O)C(O)CCBr)c1. The molecule has 0 radical (unpaired) electrons. The minimum absolute atomic E-state index is 0.212. The zero-order valence-corrected chi connectivity index (χ0v) is 9.99. The molecule has 1 rings (SSSR count). The number of H-pyrrole nitrogens is 1. The normalized spacial score (nSPS) is 14.9. The third-order valence-electron chi connectivity index (χ3n) is 2.16. The molecule has 0 aliphatic carbocycles. The summed E-state index contributed by atoms with van der Waals surface area (Å²) in [6, 6.07) is 1.58. The molecule has 5 heteroatoms. The number of pyridine rings is 1. The van der Waals surface area contributed by atoms with Crippen LogP contribution in [0.5, 0.6) is 0 Å². The van der Waals surface area contributed by atoms with Crippen LogP contribution in [0.4, 0.5) is 0 Å². The molecule has 1 aromatic rings. The Labute approximate surface area is 96.1 Å². The van der Waals surface area contributed by atoms with Gasteiger partial charge in [-0.05, 0) is 25.0 Å². The Morgan fingerprint density at radius 3 is 2.80 bits per heavy atom. The lowest BCUT2D eigenvalue weighted by atomic mass is 10.0. The van der Waals surface area contributed by atoms with E-state index in [9.17, 15) is 15.0 Å². The van der Waals surface area contributed by atoms with Crippen molar-refractivity contribution in [3.8, 4) is 0 Å². The highest BCUT2D eigenvalue weighted by Gasteiger charge is 2.20. The van der Waals surface area contributed by atoms with Crippen molar-refractivity contribution in [3.63, 3.8) is 0 Å². The number of aliphatic hydroxyl groups is 2. The Morgan fingerprint density at radius 1 is 1.53 bits per heavy atom. The van der Waals surface area contributed by atoms with Crippen LogP contribution in [-0.2, 0) is 0 Å². The smallest absolute Gasteiger partial charge is 0.253 e. The van der Waals surface area contributed by atoms with E-state index < -0.39 is 12.2 Å². The van der Waals surface area contributed by atoms with Crippen LogP contribution in [0.25, 0.3) is 0 Å². The molecule has 0 bridgehead atoms. The Bertz CT molecular complexity index is 377. The zero-order valence-electron chi connectivity index (χ0n) is 8.40. The number of hydrogen-bond donors (Lipinski definition) is 3. The number of aromatic amines is 1. The third kappa shape index (κ3) is 3.15. The molecular formula is C10H14BrNO3. The molecule has 2 unspecified atom stereocenters. The van der Waals surface area contributed by atoms with Gasteiger partial charge in [-0.3, -0.25) is 4.79 Å². The van der Waals surface area contributed by atoms with Crippen LogP contribution < -0.4 is 5.56 Å². The molecule has 84 valence electrons. The van der Waals surface area contributed by atoms with Crippen LogP contribution in [0.3, 0.4) is 0 Å². The molecule has 0 saturated carbocycles. The van der Waals surface area contributed by atoms with E-state index in [1.807, 2.05) is 6.92 Å². The Hall–Kier alpha value is -0.650. The fourth-order valence-electron chi connectivity index (χ4n) is 1.31. The van der Waals surface area contributed by atoms with Crippen molar-refractivity contribution >= 4 is 15.9 Å². The minimum atomic E-state index is -1.13. The molecule has 0 spiro atoms. The van der Waals surface area contributed by atoms with Gasteiger partial charge >= 0.3 is 0 Å². The number of halogens is 1.